The molecule has 5 nitrogen and oxygen atoms in total. The van der Waals surface area contributed by atoms with Crippen molar-refractivity contribution >= 4 is 26.5 Å². The molecule has 2 heterocycles. The van der Waals surface area contributed by atoms with Gasteiger partial charge in [0.25, 0.3) is 0 Å². The van der Waals surface area contributed by atoms with Crippen molar-refractivity contribution in [1.29, 1.82) is 0 Å². The summed E-state index contributed by atoms with van der Waals surface area (Å²) in [6.07, 6.45) is 4.04. The molecule has 0 aliphatic carbocycles. The van der Waals surface area contributed by atoms with E-state index in [0.717, 1.165) is 25.0 Å². The Balaban J connectivity index is 2.30. The minimum Gasteiger partial charge on any atom is -0.375 e. The summed E-state index contributed by atoms with van der Waals surface area (Å²) in [5, 5.41) is 2.35. The molecule has 0 bridgehead atoms. The van der Waals surface area contributed by atoms with Gasteiger partial charge in [-0.15, -0.1) is 11.3 Å². The van der Waals surface area contributed by atoms with Crippen molar-refractivity contribution in [2.45, 2.75) is 25.3 Å². The van der Waals surface area contributed by atoms with Crippen LogP contribution in [0.3, 0.4) is 0 Å². The van der Waals surface area contributed by atoms with Gasteiger partial charge < -0.3 is 5.73 Å². The first-order valence-corrected chi connectivity index (χ1v) is 7.89. The molecule has 1 fully saturated rings. The second-order valence-corrected chi connectivity index (χ2v) is 6.82. The maximum Gasteiger partial charge on any atom is 0.211 e. The number of nitrogens with zero attached hydrogens (tertiary/aromatic N) is 2. The summed E-state index contributed by atoms with van der Waals surface area (Å²) in [6, 6.07) is -0.127. The molecule has 7 heteroatoms. The highest BCUT2D eigenvalue weighted by atomic mass is 32.2. The van der Waals surface area contributed by atoms with Crippen LogP contribution in [-0.2, 0) is 10.0 Å². The zero-order valence-electron chi connectivity index (χ0n) is 9.09. The van der Waals surface area contributed by atoms with E-state index < -0.39 is 10.0 Å². The molecule has 16 heavy (non-hydrogen) atoms. The third-order valence-corrected chi connectivity index (χ3v) is 4.74. The average molecular weight is 261 g/mol. The van der Waals surface area contributed by atoms with Crippen molar-refractivity contribution in [2.75, 3.05) is 18.5 Å². The van der Waals surface area contributed by atoms with Gasteiger partial charge in [0.15, 0.2) is 5.13 Å². The number of aromatic nitrogens is 1. The third kappa shape index (κ3) is 2.36. The van der Waals surface area contributed by atoms with Crippen LogP contribution in [0.5, 0.6) is 0 Å². The number of piperidine rings is 1. The van der Waals surface area contributed by atoms with Crippen LogP contribution >= 0.6 is 11.3 Å². The Morgan fingerprint density at radius 3 is 2.88 bits per heavy atom. The van der Waals surface area contributed by atoms with E-state index in [0.29, 0.717) is 11.7 Å². The lowest BCUT2D eigenvalue weighted by Crippen LogP contribution is -2.37. The van der Waals surface area contributed by atoms with Gasteiger partial charge in [-0.3, -0.25) is 0 Å². The minimum absolute atomic E-state index is 0.127. The van der Waals surface area contributed by atoms with Crippen molar-refractivity contribution in [3.63, 3.8) is 0 Å². The zero-order valence-corrected chi connectivity index (χ0v) is 10.7. The van der Waals surface area contributed by atoms with Crippen LogP contribution in [0.2, 0.25) is 0 Å². The first-order valence-electron chi connectivity index (χ1n) is 5.16. The summed E-state index contributed by atoms with van der Waals surface area (Å²) in [6.45, 7) is 0.584. The molecule has 90 valence electrons. The summed E-state index contributed by atoms with van der Waals surface area (Å²) < 4.78 is 24.8. The van der Waals surface area contributed by atoms with Gasteiger partial charge in [-0.1, -0.05) is 6.42 Å². The first kappa shape index (κ1) is 11.8. The quantitative estimate of drug-likeness (QED) is 0.868. The van der Waals surface area contributed by atoms with E-state index in [-0.39, 0.29) is 6.04 Å². The molecule has 0 radical (unpaired) electrons. The van der Waals surface area contributed by atoms with E-state index in [4.69, 9.17) is 5.73 Å². The molecule has 1 aliphatic heterocycles. The number of anilines is 1. The van der Waals surface area contributed by atoms with Gasteiger partial charge in [0.2, 0.25) is 10.0 Å². The van der Waals surface area contributed by atoms with Gasteiger partial charge in [-0.2, -0.15) is 4.31 Å². The number of rotatable bonds is 2. The average Bonchev–Trinajstić information content (AvgIpc) is 2.64. The smallest absolute Gasteiger partial charge is 0.211 e. The van der Waals surface area contributed by atoms with Crippen molar-refractivity contribution < 1.29 is 8.42 Å². The monoisotopic (exact) mass is 261 g/mol. The Kier molecular flexibility index (Phi) is 3.18. The molecule has 1 aliphatic rings. The van der Waals surface area contributed by atoms with Crippen molar-refractivity contribution in [1.82, 2.24) is 9.29 Å². The summed E-state index contributed by atoms with van der Waals surface area (Å²) in [5.41, 5.74) is 6.36. The van der Waals surface area contributed by atoms with Crippen LogP contribution in [-0.4, -0.2) is 30.5 Å². The Labute approximate surface area is 99.3 Å². The predicted octanol–water partition coefficient (Wildman–Crippen LogP) is 1.21. The van der Waals surface area contributed by atoms with Crippen molar-refractivity contribution in [3.05, 3.63) is 11.1 Å². The van der Waals surface area contributed by atoms with Crippen LogP contribution in [0.1, 0.15) is 31.0 Å². The van der Waals surface area contributed by atoms with Gasteiger partial charge in [0.1, 0.15) is 0 Å². The van der Waals surface area contributed by atoms with E-state index in [2.05, 4.69) is 4.98 Å². The number of hydrogen-bond donors (Lipinski definition) is 1. The molecule has 1 aromatic rings. The van der Waals surface area contributed by atoms with E-state index in [1.807, 2.05) is 5.38 Å². The highest BCUT2D eigenvalue weighted by Gasteiger charge is 2.31. The molecular formula is C9H15N3O2S2. The topological polar surface area (TPSA) is 76.3 Å². The number of sulfonamides is 1. The molecule has 1 saturated heterocycles. The lowest BCUT2D eigenvalue weighted by Gasteiger charge is -2.32. The van der Waals surface area contributed by atoms with Gasteiger partial charge in [-0.05, 0) is 12.8 Å². The van der Waals surface area contributed by atoms with Crippen LogP contribution in [0.4, 0.5) is 5.13 Å². The van der Waals surface area contributed by atoms with Crippen molar-refractivity contribution in [2.24, 2.45) is 0 Å². The number of nitrogens with two attached hydrogens (primary N) is 1. The highest BCUT2D eigenvalue weighted by molar-refractivity contribution is 7.88. The molecule has 0 aromatic carbocycles. The van der Waals surface area contributed by atoms with E-state index in [9.17, 15) is 8.42 Å². The van der Waals surface area contributed by atoms with Crippen LogP contribution in [0.15, 0.2) is 5.38 Å². The molecule has 0 saturated carbocycles. The van der Waals surface area contributed by atoms with Crippen LogP contribution in [0.25, 0.3) is 0 Å². The van der Waals surface area contributed by atoms with Gasteiger partial charge in [-0.25, -0.2) is 13.4 Å². The summed E-state index contributed by atoms with van der Waals surface area (Å²) in [7, 11) is -3.16. The Hall–Kier alpha value is -0.660. The molecule has 0 unspecified atom stereocenters. The van der Waals surface area contributed by atoms with Crippen LogP contribution < -0.4 is 5.73 Å². The van der Waals surface area contributed by atoms with E-state index >= 15 is 0 Å². The number of thiazole rings is 1. The Morgan fingerprint density at radius 1 is 1.56 bits per heavy atom. The lowest BCUT2D eigenvalue weighted by atomic mass is 10.0. The Morgan fingerprint density at radius 2 is 2.31 bits per heavy atom. The fraction of sp³-hybridized carbons (Fsp3) is 0.667. The fourth-order valence-electron chi connectivity index (χ4n) is 2.05. The summed E-state index contributed by atoms with van der Waals surface area (Å²) in [5.74, 6) is 0. The second-order valence-electron chi connectivity index (χ2n) is 4.00. The third-order valence-electron chi connectivity index (χ3n) is 2.76. The Bertz CT molecular complexity index is 469. The number of hydrogen-bond acceptors (Lipinski definition) is 5. The highest BCUT2D eigenvalue weighted by Crippen LogP contribution is 2.33. The van der Waals surface area contributed by atoms with E-state index in [1.54, 1.807) is 0 Å². The molecule has 2 rings (SSSR count). The molecule has 0 amide bonds. The molecule has 2 N–H and O–H groups in total. The first-order chi connectivity index (χ1) is 7.48. The normalized spacial score (nSPS) is 23.4. The summed E-state index contributed by atoms with van der Waals surface area (Å²) >= 11 is 1.36. The standard InChI is InChI=1S/C9H15N3O2S2/c1-16(13,14)12-5-3-2-4-8(12)7-6-15-9(10)11-7/h6,8H,2-5H2,1H3,(H2,10,11)/t8-/m1/s1. The maximum atomic E-state index is 11.6. The zero-order chi connectivity index (χ0) is 11.8. The number of nitrogen functional groups attached to an aromatic ring is 1. The fourth-order valence-corrected chi connectivity index (χ4v) is 3.80. The largest absolute Gasteiger partial charge is 0.375 e. The molecule has 0 spiro atoms. The van der Waals surface area contributed by atoms with Gasteiger partial charge in [0.05, 0.1) is 18.0 Å². The molecule has 1 atom stereocenters. The lowest BCUT2D eigenvalue weighted by molar-refractivity contribution is 0.254. The molecular weight excluding hydrogens is 246 g/mol. The maximum absolute atomic E-state index is 11.6. The molecule has 1 aromatic heterocycles. The summed E-state index contributed by atoms with van der Waals surface area (Å²) in [4.78, 5) is 4.19. The van der Waals surface area contributed by atoms with Gasteiger partial charge in [0, 0.05) is 11.9 Å². The second kappa shape index (κ2) is 4.31. The predicted molar refractivity (Wildman–Crippen MR) is 64.7 cm³/mol. The van der Waals surface area contributed by atoms with Gasteiger partial charge >= 0.3 is 0 Å². The van der Waals surface area contributed by atoms with Crippen LogP contribution in [0, 0.1) is 0 Å². The van der Waals surface area contributed by atoms with E-state index in [1.165, 1.54) is 21.9 Å². The minimum atomic E-state index is -3.16. The van der Waals surface area contributed by atoms with Crippen molar-refractivity contribution in [3.8, 4) is 0 Å². The SMILES string of the molecule is CS(=O)(=O)N1CCCC[C@@H]1c1csc(N)n1.